The van der Waals surface area contributed by atoms with E-state index < -0.39 is 0 Å². The molecule has 0 aliphatic carbocycles. The summed E-state index contributed by atoms with van der Waals surface area (Å²) in [5.74, 6) is -0.205. The van der Waals surface area contributed by atoms with Crippen LogP contribution in [-0.2, 0) is 0 Å². The number of ketones is 1. The summed E-state index contributed by atoms with van der Waals surface area (Å²) in [5, 5.41) is 3.02. The maximum atomic E-state index is 12.3. The van der Waals surface area contributed by atoms with Crippen LogP contribution in [0.3, 0.4) is 0 Å². The van der Waals surface area contributed by atoms with Crippen LogP contribution in [0.2, 0.25) is 10.0 Å². The summed E-state index contributed by atoms with van der Waals surface area (Å²) in [7, 11) is 0. The minimum Gasteiger partial charge on any atom is -0.289 e. The molecule has 0 saturated carbocycles. The van der Waals surface area contributed by atoms with E-state index in [1.54, 1.807) is 24.3 Å². The molecule has 0 N–H and O–H groups in total. The van der Waals surface area contributed by atoms with Crippen molar-refractivity contribution in [2.45, 2.75) is 0 Å². The lowest BCUT2D eigenvalue weighted by Gasteiger charge is -2.02. The Balaban J connectivity index is 1.90. The second-order valence-electron chi connectivity index (χ2n) is 4.90. The van der Waals surface area contributed by atoms with Crippen LogP contribution in [0.4, 0.5) is 0 Å². The Morgan fingerprint density at radius 1 is 0.818 bits per heavy atom. The summed E-state index contributed by atoms with van der Waals surface area (Å²) in [5.41, 5.74) is 1.29. The number of fused-ring (bicyclic) bond motifs is 1. The number of halogens is 2. The van der Waals surface area contributed by atoms with Gasteiger partial charge in [-0.25, -0.2) is 0 Å². The van der Waals surface area contributed by atoms with Crippen LogP contribution >= 0.6 is 23.2 Å². The molecule has 0 spiro atoms. The van der Waals surface area contributed by atoms with Crippen molar-refractivity contribution in [1.82, 2.24) is 0 Å². The Morgan fingerprint density at radius 2 is 1.50 bits per heavy atom. The summed E-state index contributed by atoms with van der Waals surface area (Å²) in [6.07, 6.45) is 3.27. The molecule has 0 amide bonds. The van der Waals surface area contributed by atoms with Gasteiger partial charge in [-0.2, -0.15) is 0 Å². The Morgan fingerprint density at radius 3 is 2.23 bits per heavy atom. The molecule has 0 saturated heterocycles. The molecule has 0 aliphatic rings. The maximum absolute atomic E-state index is 12.3. The molecule has 0 atom stereocenters. The first kappa shape index (κ1) is 14.8. The third-order valence-corrected chi connectivity index (χ3v) is 4.04. The Labute approximate surface area is 138 Å². The van der Waals surface area contributed by atoms with Crippen molar-refractivity contribution >= 4 is 45.8 Å². The van der Waals surface area contributed by atoms with E-state index in [0.29, 0.717) is 15.6 Å². The summed E-state index contributed by atoms with van der Waals surface area (Å²) in [4.78, 5) is 12.3. The van der Waals surface area contributed by atoms with Gasteiger partial charge in [0.2, 0.25) is 0 Å². The standard InChI is InChI=1S/C19H12Cl2O/c20-16-6-3-7-17(21)19(16)18(22)11-9-13-8-10-14-4-1-2-5-15(14)12-13/h1-12H. The van der Waals surface area contributed by atoms with Crippen LogP contribution in [-0.4, -0.2) is 5.78 Å². The third kappa shape index (κ3) is 3.06. The van der Waals surface area contributed by atoms with Gasteiger partial charge in [-0.3, -0.25) is 4.79 Å². The molecule has 0 aliphatic heterocycles. The Hall–Kier alpha value is -2.09. The highest BCUT2D eigenvalue weighted by molar-refractivity contribution is 6.40. The zero-order chi connectivity index (χ0) is 15.5. The van der Waals surface area contributed by atoms with E-state index >= 15 is 0 Å². The first-order chi connectivity index (χ1) is 10.6. The topological polar surface area (TPSA) is 17.1 Å². The third-order valence-electron chi connectivity index (χ3n) is 3.41. The van der Waals surface area contributed by atoms with Crippen LogP contribution in [0.15, 0.2) is 66.7 Å². The van der Waals surface area contributed by atoms with Gasteiger partial charge in [0.25, 0.3) is 0 Å². The molecule has 0 heterocycles. The van der Waals surface area contributed by atoms with Gasteiger partial charge < -0.3 is 0 Å². The number of carbonyl (C=O) groups excluding carboxylic acids is 1. The second kappa shape index (κ2) is 6.35. The van der Waals surface area contributed by atoms with Gasteiger partial charge in [-0.1, -0.05) is 71.7 Å². The highest BCUT2D eigenvalue weighted by atomic mass is 35.5. The largest absolute Gasteiger partial charge is 0.289 e. The van der Waals surface area contributed by atoms with E-state index in [2.05, 4.69) is 6.07 Å². The lowest BCUT2D eigenvalue weighted by Crippen LogP contribution is -1.96. The van der Waals surface area contributed by atoms with Crippen LogP contribution in [0.25, 0.3) is 16.8 Å². The summed E-state index contributed by atoms with van der Waals surface area (Å²) in [6, 6.07) is 19.2. The minimum atomic E-state index is -0.205. The van der Waals surface area contributed by atoms with E-state index in [1.807, 2.05) is 36.4 Å². The average molecular weight is 327 g/mol. The van der Waals surface area contributed by atoms with Gasteiger partial charge in [-0.15, -0.1) is 0 Å². The molecule has 0 fully saturated rings. The van der Waals surface area contributed by atoms with Crippen molar-refractivity contribution in [3.05, 3.63) is 87.9 Å². The fourth-order valence-corrected chi connectivity index (χ4v) is 2.88. The highest BCUT2D eigenvalue weighted by Crippen LogP contribution is 2.25. The minimum absolute atomic E-state index is 0.205. The molecule has 0 radical (unpaired) electrons. The van der Waals surface area contributed by atoms with Crippen LogP contribution in [0.1, 0.15) is 15.9 Å². The number of allylic oxidation sites excluding steroid dienone is 1. The van der Waals surface area contributed by atoms with E-state index in [0.717, 1.165) is 10.9 Å². The van der Waals surface area contributed by atoms with Crippen molar-refractivity contribution < 1.29 is 4.79 Å². The molecule has 3 aromatic rings. The molecule has 108 valence electrons. The van der Waals surface area contributed by atoms with Gasteiger partial charge in [0, 0.05) is 0 Å². The fourth-order valence-electron chi connectivity index (χ4n) is 2.30. The molecule has 0 bridgehead atoms. The number of benzene rings is 3. The summed E-state index contributed by atoms with van der Waals surface area (Å²) >= 11 is 12.1. The maximum Gasteiger partial charge on any atom is 0.188 e. The monoisotopic (exact) mass is 326 g/mol. The first-order valence-electron chi connectivity index (χ1n) is 6.80. The van der Waals surface area contributed by atoms with E-state index in [4.69, 9.17) is 23.2 Å². The molecule has 3 heteroatoms. The molecule has 22 heavy (non-hydrogen) atoms. The van der Waals surface area contributed by atoms with Gasteiger partial charge in [0.05, 0.1) is 15.6 Å². The van der Waals surface area contributed by atoms with Gasteiger partial charge in [0.15, 0.2) is 5.78 Å². The van der Waals surface area contributed by atoms with Crippen molar-refractivity contribution in [2.24, 2.45) is 0 Å². The van der Waals surface area contributed by atoms with Crippen molar-refractivity contribution in [2.75, 3.05) is 0 Å². The average Bonchev–Trinajstić information content (AvgIpc) is 2.52. The Kier molecular flexibility index (Phi) is 4.28. The van der Waals surface area contributed by atoms with Gasteiger partial charge in [-0.05, 0) is 40.6 Å². The van der Waals surface area contributed by atoms with Crippen LogP contribution in [0, 0.1) is 0 Å². The zero-order valence-corrected chi connectivity index (χ0v) is 13.1. The lowest BCUT2D eigenvalue weighted by molar-refractivity contribution is 0.104. The van der Waals surface area contributed by atoms with Crippen molar-refractivity contribution in [3.63, 3.8) is 0 Å². The van der Waals surface area contributed by atoms with Gasteiger partial charge >= 0.3 is 0 Å². The normalized spacial score (nSPS) is 11.2. The molecule has 3 rings (SSSR count). The predicted molar refractivity (Wildman–Crippen MR) is 93.8 cm³/mol. The molecular formula is C19H12Cl2O. The quantitative estimate of drug-likeness (QED) is 0.423. The number of hydrogen-bond donors (Lipinski definition) is 0. The SMILES string of the molecule is O=C(C=Cc1ccc2ccccc2c1)c1c(Cl)cccc1Cl. The molecule has 0 aromatic heterocycles. The smallest absolute Gasteiger partial charge is 0.188 e. The van der Waals surface area contributed by atoms with E-state index in [9.17, 15) is 4.79 Å². The Bertz CT molecular complexity index is 861. The molecule has 1 nitrogen and oxygen atoms in total. The van der Waals surface area contributed by atoms with Crippen LogP contribution < -0.4 is 0 Å². The second-order valence-corrected chi connectivity index (χ2v) is 5.72. The van der Waals surface area contributed by atoms with Gasteiger partial charge in [0.1, 0.15) is 0 Å². The molecule has 3 aromatic carbocycles. The fraction of sp³-hybridized carbons (Fsp3) is 0. The first-order valence-corrected chi connectivity index (χ1v) is 7.56. The number of rotatable bonds is 3. The lowest BCUT2D eigenvalue weighted by atomic mass is 10.1. The highest BCUT2D eigenvalue weighted by Gasteiger charge is 2.11. The van der Waals surface area contributed by atoms with Crippen LogP contribution in [0.5, 0.6) is 0 Å². The summed E-state index contributed by atoms with van der Waals surface area (Å²) in [6.45, 7) is 0. The zero-order valence-electron chi connectivity index (χ0n) is 11.6. The van der Waals surface area contributed by atoms with E-state index in [-0.39, 0.29) is 5.78 Å². The number of carbonyl (C=O) groups is 1. The predicted octanol–water partition coefficient (Wildman–Crippen LogP) is 6.04. The summed E-state index contributed by atoms with van der Waals surface area (Å²) < 4.78 is 0. The van der Waals surface area contributed by atoms with Crippen molar-refractivity contribution in [1.29, 1.82) is 0 Å². The number of hydrogen-bond acceptors (Lipinski definition) is 1. The van der Waals surface area contributed by atoms with E-state index in [1.165, 1.54) is 11.5 Å². The molecular weight excluding hydrogens is 315 g/mol. The molecule has 0 unspecified atom stereocenters. The van der Waals surface area contributed by atoms with Crippen molar-refractivity contribution in [3.8, 4) is 0 Å².